The number of carbonyl (C=O) groups excluding carboxylic acids is 1. The van der Waals surface area contributed by atoms with Crippen LogP contribution in [0.2, 0.25) is 0 Å². The van der Waals surface area contributed by atoms with E-state index in [1.165, 1.54) is 0 Å². The van der Waals surface area contributed by atoms with Gasteiger partial charge in [-0.1, -0.05) is 48.5 Å². The van der Waals surface area contributed by atoms with Gasteiger partial charge in [-0.25, -0.2) is 5.48 Å². The summed E-state index contributed by atoms with van der Waals surface area (Å²) in [7, 11) is 0. The molecule has 0 aliphatic rings. The molecule has 1 heterocycles. The number of furan rings is 1. The Hall–Kier alpha value is -3.05. The van der Waals surface area contributed by atoms with Gasteiger partial charge in [-0.2, -0.15) is 0 Å². The first-order valence-corrected chi connectivity index (χ1v) is 7.54. The van der Waals surface area contributed by atoms with E-state index in [1.54, 1.807) is 12.1 Å². The lowest BCUT2D eigenvalue weighted by Crippen LogP contribution is -2.23. The second-order valence-electron chi connectivity index (χ2n) is 5.07. The monoisotopic (exact) mass is 323 g/mol. The minimum atomic E-state index is -0.433. The van der Waals surface area contributed by atoms with Crippen molar-refractivity contribution in [1.29, 1.82) is 0 Å². The van der Waals surface area contributed by atoms with E-state index in [4.69, 9.17) is 14.0 Å². The van der Waals surface area contributed by atoms with Gasteiger partial charge >= 0.3 is 5.91 Å². The van der Waals surface area contributed by atoms with Gasteiger partial charge in [0, 0.05) is 0 Å². The normalized spacial score (nSPS) is 10.3. The van der Waals surface area contributed by atoms with E-state index in [-0.39, 0.29) is 19.0 Å². The summed E-state index contributed by atoms with van der Waals surface area (Å²) in [6.45, 7) is 0.541. The molecule has 0 spiro atoms. The maximum atomic E-state index is 12.0. The Kier molecular flexibility index (Phi) is 5.27. The summed E-state index contributed by atoms with van der Waals surface area (Å²) in [5.74, 6) is 1.05. The van der Waals surface area contributed by atoms with Crippen LogP contribution in [0.5, 0.6) is 5.75 Å². The highest BCUT2D eigenvalue weighted by Crippen LogP contribution is 2.14. The molecule has 5 heteroatoms. The minimum Gasteiger partial charge on any atom is -0.486 e. The first-order valence-electron chi connectivity index (χ1n) is 7.54. The van der Waals surface area contributed by atoms with E-state index >= 15 is 0 Å². The third-order valence-electron chi connectivity index (χ3n) is 3.26. The van der Waals surface area contributed by atoms with Crippen molar-refractivity contribution in [2.75, 3.05) is 0 Å². The number of rotatable bonds is 7. The molecule has 0 unspecified atom stereocenters. The molecular formula is C19H17NO4. The van der Waals surface area contributed by atoms with Crippen LogP contribution in [0.4, 0.5) is 0 Å². The quantitative estimate of drug-likeness (QED) is 0.673. The second kappa shape index (κ2) is 7.99. The van der Waals surface area contributed by atoms with Crippen LogP contribution in [0.1, 0.15) is 21.9 Å². The molecule has 0 atom stereocenters. The maximum Gasteiger partial charge on any atom is 0.310 e. The Morgan fingerprint density at radius 2 is 1.58 bits per heavy atom. The van der Waals surface area contributed by atoms with Gasteiger partial charge < -0.3 is 9.15 Å². The molecule has 3 rings (SSSR count). The molecule has 24 heavy (non-hydrogen) atoms. The van der Waals surface area contributed by atoms with Gasteiger partial charge in [0.05, 0.1) is 6.61 Å². The van der Waals surface area contributed by atoms with Crippen molar-refractivity contribution in [1.82, 2.24) is 5.48 Å². The third-order valence-corrected chi connectivity index (χ3v) is 3.26. The number of ether oxygens (including phenoxy) is 1. The smallest absolute Gasteiger partial charge is 0.310 e. The van der Waals surface area contributed by atoms with Gasteiger partial charge in [-0.05, 0) is 29.8 Å². The number of hydrogen-bond donors (Lipinski definition) is 1. The molecule has 1 amide bonds. The number of hydroxylamine groups is 1. The highest BCUT2D eigenvalue weighted by atomic mass is 16.7. The van der Waals surface area contributed by atoms with Crippen molar-refractivity contribution in [3.63, 3.8) is 0 Å². The van der Waals surface area contributed by atoms with Crippen molar-refractivity contribution in [3.05, 3.63) is 89.9 Å². The maximum absolute atomic E-state index is 12.0. The summed E-state index contributed by atoms with van der Waals surface area (Å²) < 4.78 is 11.0. The van der Waals surface area contributed by atoms with Crippen molar-refractivity contribution >= 4 is 5.91 Å². The molecule has 5 nitrogen and oxygen atoms in total. The van der Waals surface area contributed by atoms with Gasteiger partial charge in [0.1, 0.15) is 18.1 Å². The Labute approximate surface area is 139 Å². The molecule has 0 radical (unpaired) electrons. The van der Waals surface area contributed by atoms with E-state index in [0.29, 0.717) is 5.76 Å². The Morgan fingerprint density at radius 3 is 2.33 bits per heavy atom. The van der Waals surface area contributed by atoms with Gasteiger partial charge in [-0.3, -0.25) is 9.63 Å². The van der Waals surface area contributed by atoms with Crippen LogP contribution in [-0.4, -0.2) is 5.91 Å². The molecular weight excluding hydrogens is 306 g/mol. The lowest BCUT2D eigenvalue weighted by molar-refractivity contribution is 0.0210. The molecule has 1 N–H and O–H groups in total. The van der Waals surface area contributed by atoms with E-state index < -0.39 is 5.91 Å². The molecule has 3 aromatic rings. The van der Waals surface area contributed by atoms with Crippen LogP contribution in [0.3, 0.4) is 0 Å². The Morgan fingerprint density at radius 1 is 0.875 bits per heavy atom. The van der Waals surface area contributed by atoms with Crippen LogP contribution in [0, 0.1) is 0 Å². The summed E-state index contributed by atoms with van der Waals surface area (Å²) >= 11 is 0. The summed E-state index contributed by atoms with van der Waals surface area (Å²) in [6.07, 6.45) is 0. The number of hydrogen-bond acceptors (Lipinski definition) is 4. The topological polar surface area (TPSA) is 60.7 Å². The highest BCUT2D eigenvalue weighted by Gasteiger charge is 2.11. The average molecular weight is 323 g/mol. The van der Waals surface area contributed by atoms with Gasteiger partial charge in [0.25, 0.3) is 0 Å². The first kappa shape index (κ1) is 15.8. The highest BCUT2D eigenvalue weighted by molar-refractivity contribution is 5.90. The largest absolute Gasteiger partial charge is 0.486 e. The van der Waals surface area contributed by atoms with Crippen molar-refractivity contribution in [2.45, 2.75) is 13.2 Å². The van der Waals surface area contributed by atoms with Crippen molar-refractivity contribution in [2.24, 2.45) is 0 Å². The van der Waals surface area contributed by atoms with Gasteiger partial charge in [-0.15, -0.1) is 0 Å². The Balaban J connectivity index is 1.46. The van der Waals surface area contributed by atoms with Crippen LogP contribution < -0.4 is 10.2 Å². The summed E-state index contributed by atoms with van der Waals surface area (Å²) in [5.41, 5.74) is 3.33. The SMILES string of the molecule is O=C(NOCc1ccccc1)c1ccc(COc2ccccc2)o1. The van der Waals surface area contributed by atoms with E-state index in [2.05, 4.69) is 5.48 Å². The number of para-hydroxylation sites is 1. The van der Waals surface area contributed by atoms with Crippen LogP contribution in [-0.2, 0) is 18.1 Å². The standard InChI is InChI=1S/C19H17NO4/c21-19(20-23-13-15-7-3-1-4-8-15)18-12-11-17(24-18)14-22-16-9-5-2-6-10-16/h1-12H,13-14H2,(H,20,21). The molecule has 0 bridgehead atoms. The molecule has 0 aliphatic carbocycles. The summed E-state index contributed by atoms with van der Waals surface area (Å²) in [5, 5.41) is 0. The molecule has 0 saturated heterocycles. The zero-order valence-corrected chi connectivity index (χ0v) is 13.0. The Bertz CT molecular complexity index is 768. The molecule has 0 saturated carbocycles. The fourth-order valence-electron chi connectivity index (χ4n) is 2.06. The summed E-state index contributed by atoms with van der Waals surface area (Å²) in [6, 6.07) is 22.3. The third kappa shape index (κ3) is 4.47. The fourth-order valence-corrected chi connectivity index (χ4v) is 2.06. The second-order valence-corrected chi connectivity index (χ2v) is 5.07. The van der Waals surface area contributed by atoms with Crippen LogP contribution in [0.25, 0.3) is 0 Å². The number of amides is 1. The molecule has 2 aromatic carbocycles. The lowest BCUT2D eigenvalue weighted by Gasteiger charge is -2.05. The summed E-state index contributed by atoms with van der Waals surface area (Å²) in [4.78, 5) is 17.1. The number of carbonyl (C=O) groups is 1. The molecule has 1 aromatic heterocycles. The fraction of sp³-hybridized carbons (Fsp3) is 0.105. The van der Waals surface area contributed by atoms with E-state index in [9.17, 15) is 4.79 Å². The number of benzene rings is 2. The van der Waals surface area contributed by atoms with E-state index in [1.807, 2.05) is 60.7 Å². The van der Waals surface area contributed by atoms with Gasteiger partial charge in [0.2, 0.25) is 0 Å². The minimum absolute atomic E-state index is 0.176. The zero-order valence-electron chi connectivity index (χ0n) is 13.0. The van der Waals surface area contributed by atoms with Crippen molar-refractivity contribution in [3.8, 4) is 5.75 Å². The van der Waals surface area contributed by atoms with Crippen LogP contribution >= 0.6 is 0 Å². The zero-order chi connectivity index (χ0) is 16.6. The van der Waals surface area contributed by atoms with E-state index in [0.717, 1.165) is 11.3 Å². The van der Waals surface area contributed by atoms with Crippen molar-refractivity contribution < 1.29 is 18.8 Å². The average Bonchev–Trinajstić information content (AvgIpc) is 3.11. The van der Waals surface area contributed by atoms with Gasteiger partial charge in [0.15, 0.2) is 5.76 Å². The predicted octanol–water partition coefficient (Wildman–Crippen LogP) is 3.72. The van der Waals surface area contributed by atoms with Crippen LogP contribution in [0.15, 0.2) is 77.2 Å². The molecule has 0 aliphatic heterocycles. The first-order chi connectivity index (χ1) is 11.8. The predicted molar refractivity (Wildman–Crippen MR) is 88.2 cm³/mol. The number of nitrogens with one attached hydrogen (secondary N) is 1. The lowest BCUT2D eigenvalue weighted by atomic mass is 10.2. The molecule has 122 valence electrons. The molecule has 0 fully saturated rings.